The van der Waals surface area contributed by atoms with Crippen LogP contribution in [0.4, 0.5) is 17.3 Å². The fourth-order valence-corrected chi connectivity index (χ4v) is 6.41. The van der Waals surface area contributed by atoms with Gasteiger partial charge in [0.15, 0.2) is 0 Å². The van der Waals surface area contributed by atoms with E-state index in [0.717, 1.165) is 60.6 Å². The van der Waals surface area contributed by atoms with Gasteiger partial charge in [0.2, 0.25) is 5.95 Å². The molecule has 0 spiro atoms. The first kappa shape index (κ1) is 35.3. The normalized spacial score (nSPS) is 13.6. The van der Waals surface area contributed by atoms with Gasteiger partial charge in [-0.25, -0.2) is 9.97 Å². The van der Waals surface area contributed by atoms with E-state index in [1.54, 1.807) is 48.9 Å². The molecule has 6 aromatic rings. The maximum atomic E-state index is 12.9. The number of carbonyl (C=O) groups excluding carboxylic acids is 1. The largest absolute Gasteiger partial charge is 0.324 e. The first-order valence-corrected chi connectivity index (χ1v) is 17.9. The molecule has 1 aliphatic rings. The van der Waals surface area contributed by atoms with E-state index in [1.165, 1.54) is 11.6 Å². The lowest BCUT2D eigenvalue weighted by atomic mass is 10.1. The smallest absolute Gasteiger partial charge is 0.295 e. The highest BCUT2D eigenvalue weighted by atomic mass is 32.2. The van der Waals surface area contributed by atoms with E-state index in [0.29, 0.717) is 22.6 Å². The number of carbonyl (C=O) groups is 1. The van der Waals surface area contributed by atoms with Crippen LogP contribution in [0, 0.1) is 6.92 Å². The zero-order chi connectivity index (χ0) is 35.8. The van der Waals surface area contributed by atoms with Gasteiger partial charge >= 0.3 is 0 Å². The van der Waals surface area contributed by atoms with Gasteiger partial charge in [-0.15, -0.1) is 0 Å². The van der Waals surface area contributed by atoms with E-state index in [-0.39, 0.29) is 10.8 Å². The minimum atomic E-state index is -4.13. The van der Waals surface area contributed by atoms with Crippen molar-refractivity contribution in [3.05, 3.63) is 138 Å². The number of hydrogen-bond donors (Lipinski definition) is 3. The summed E-state index contributed by atoms with van der Waals surface area (Å²) in [5.41, 5.74) is 6.08. The molecule has 3 N–H and O–H groups in total. The average Bonchev–Trinajstić information content (AvgIpc) is 3.14. The number of rotatable bonds is 8. The number of benzene rings is 4. The Hall–Kier alpha value is -5.53. The van der Waals surface area contributed by atoms with Gasteiger partial charge in [0.25, 0.3) is 16.0 Å². The molecule has 0 bridgehead atoms. The Labute approximate surface area is 297 Å². The highest BCUT2D eigenvalue weighted by molar-refractivity contribution is 7.86. The maximum Gasteiger partial charge on any atom is 0.295 e. The van der Waals surface area contributed by atoms with Crippen LogP contribution in [0.2, 0.25) is 0 Å². The molecule has 0 saturated carbocycles. The van der Waals surface area contributed by atoms with Crippen LogP contribution in [-0.2, 0) is 16.7 Å². The zero-order valence-corrected chi connectivity index (χ0v) is 29.2. The van der Waals surface area contributed by atoms with Crippen molar-refractivity contribution in [2.45, 2.75) is 18.4 Å². The molecule has 12 heteroatoms. The molecule has 7 rings (SSSR count). The molecule has 1 fully saturated rings. The molecule has 51 heavy (non-hydrogen) atoms. The Morgan fingerprint density at radius 2 is 1.63 bits per heavy atom. The van der Waals surface area contributed by atoms with E-state index in [1.807, 2.05) is 73.7 Å². The summed E-state index contributed by atoms with van der Waals surface area (Å²) in [4.78, 5) is 30.8. The highest BCUT2D eigenvalue weighted by Gasteiger charge is 2.15. The topological polar surface area (TPSA) is 141 Å². The summed E-state index contributed by atoms with van der Waals surface area (Å²) in [6.07, 6.45) is 5.22. The first-order valence-electron chi connectivity index (χ1n) is 16.5. The van der Waals surface area contributed by atoms with Crippen LogP contribution in [-0.4, -0.2) is 76.9 Å². The van der Waals surface area contributed by atoms with Crippen molar-refractivity contribution in [1.29, 1.82) is 0 Å². The SMILES string of the molecule is Cc1ccc(NC(=O)c2ccc(CN3CCN(C)CC3)cc2)cc1Nc1nccc(-c2cccnc2)n1.O=S(=O)(O)c1cccc2ccccc12. The first-order chi connectivity index (χ1) is 24.6. The molecule has 0 radical (unpaired) electrons. The van der Waals surface area contributed by atoms with Crippen molar-refractivity contribution in [3.8, 4) is 11.3 Å². The van der Waals surface area contributed by atoms with Gasteiger partial charge in [0.05, 0.1) is 5.69 Å². The number of nitrogens with one attached hydrogen (secondary N) is 2. The number of nitrogens with zero attached hydrogens (tertiary/aromatic N) is 5. The molecule has 0 unspecified atom stereocenters. The summed E-state index contributed by atoms with van der Waals surface area (Å²) in [5, 5.41) is 7.63. The predicted octanol–water partition coefficient (Wildman–Crippen LogP) is 6.68. The van der Waals surface area contributed by atoms with Gasteiger partial charge in [0.1, 0.15) is 4.90 Å². The molecule has 0 atom stereocenters. The second-order valence-electron chi connectivity index (χ2n) is 12.3. The van der Waals surface area contributed by atoms with Gasteiger partial charge in [-0.2, -0.15) is 8.42 Å². The third-order valence-electron chi connectivity index (χ3n) is 8.60. The van der Waals surface area contributed by atoms with Gasteiger partial charge in [-0.3, -0.25) is 19.2 Å². The standard InChI is InChI=1S/C29H31N7O.C10H8O3S/c1-21-5-10-25(18-27(21)34-29-31-13-11-26(33-29)24-4-3-12-30-19-24)32-28(37)23-8-6-22(7-9-23)20-36-16-14-35(2)15-17-36;11-14(12,13)10-7-3-5-8-4-1-2-6-9(8)10/h3-13,18-19H,14-17,20H2,1-2H3,(H,32,37)(H,31,33,34);1-7H,(H,11,12,13). The quantitative estimate of drug-likeness (QED) is 0.147. The molecular formula is C39H39N7O4S. The molecule has 1 aliphatic heterocycles. The zero-order valence-electron chi connectivity index (χ0n) is 28.4. The van der Waals surface area contributed by atoms with Crippen LogP contribution in [0.15, 0.2) is 127 Å². The molecular weight excluding hydrogens is 663 g/mol. The minimum Gasteiger partial charge on any atom is -0.324 e. The van der Waals surface area contributed by atoms with Crippen molar-refractivity contribution in [2.24, 2.45) is 0 Å². The van der Waals surface area contributed by atoms with Gasteiger partial charge in [0, 0.05) is 79.2 Å². The Morgan fingerprint density at radius 1 is 0.863 bits per heavy atom. The summed E-state index contributed by atoms with van der Waals surface area (Å²) >= 11 is 0. The Balaban J connectivity index is 0.000000267. The van der Waals surface area contributed by atoms with E-state index in [2.05, 4.69) is 42.4 Å². The van der Waals surface area contributed by atoms with Crippen LogP contribution in [0.25, 0.3) is 22.0 Å². The van der Waals surface area contributed by atoms with E-state index >= 15 is 0 Å². The van der Waals surface area contributed by atoms with Gasteiger partial charge in [-0.1, -0.05) is 54.6 Å². The Kier molecular flexibility index (Phi) is 11.1. The second-order valence-corrected chi connectivity index (χ2v) is 13.7. The van der Waals surface area contributed by atoms with Crippen LogP contribution in [0.1, 0.15) is 21.5 Å². The van der Waals surface area contributed by atoms with E-state index in [4.69, 9.17) is 4.55 Å². The number of fused-ring (bicyclic) bond motifs is 1. The lowest BCUT2D eigenvalue weighted by molar-refractivity contribution is 0.102. The van der Waals surface area contributed by atoms with E-state index < -0.39 is 10.1 Å². The van der Waals surface area contributed by atoms with Crippen LogP contribution in [0.5, 0.6) is 0 Å². The number of anilines is 3. The molecule has 0 aliphatic carbocycles. The summed E-state index contributed by atoms with van der Waals surface area (Å²) in [6, 6.07) is 31.1. The number of likely N-dealkylation sites (N-methyl/N-ethyl adjacent to an activating group) is 1. The van der Waals surface area contributed by atoms with Crippen molar-refractivity contribution >= 4 is 44.1 Å². The maximum absolute atomic E-state index is 12.9. The van der Waals surface area contributed by atoms with Crippen LogP contribution < -0.4 is 10.6 Å². The number of aromatic nitrogens is 3. The van der Waals surface area contributed by atoms with Gasteiger partial charge in [-0.05, 0) is 79.0 Å². The van der Waals surface area contributed by atoms with E-state index in [9.17, 15) is 13.2 Å². The van der Waals surface area contributed by atoms with Crippen molar-refractivity contribution in [1.82, 2.24) is 24.8 Å². The number of hydrogen-bond acceptors (Lipinski definition) is 9. The average molecular weight is 702 g/mol. The third kappa shape index (κ3) is 9.38. The summed E-state index contributed by atoms with van der Waals surface area (Å²) in [5.74, 6) is 0.333. The number of aryl methyl sites for hydroxylation is 1. The Bertz CT molecular complexity index is 2220. The number of pyridine rings is 1. The molecule has 3 heterocycles. The minimum absolute atomic E-state index is 0.0457. The fourth-order valence-electron chi connectivity index (χ4n) is 5.70. The van der Waals surface area contributed by atoms with Gasteiger partial charge < -0.3 is 15.5 Å². The lowest BCUT2D eigenvalue weighted by Gasteiger charge is -2.32. The Morgan fingerprint density at radius 3 is 2.37 bits per heavy atom. The molecule has 260 valence electrons. The molecule has 4 aromatic carbocycles. The summed E-state index contributed by atoms with van der Waals surface area (Å²) in [7, 11) is -1.97. The third-order valence-corrected chi connectivity index (χ3v) is 9.51. The van der Waals surface area contributed by atoms with Crippen molar-refractivity contribution < 1.29 is 17.8 Å². The predicted molar refractivity (Wildman–Crippen MR) is 201 cm³/mol. The van der Waals surface area contributed by atoms with Crippen LogP contribution >= 0.6 is 0 Å². The molecule has 1 amide bonds. The lowest BCUT2D eigenvalue weighted by Crippen LogP contribution is -2.43. The molecule has 2 aromatic heterocycles. The summed E-state index contributed by atoms with van der Waals surface area (Å²) in [6.45, 7) is 7.24. The number of amides is 1. The second kappa shape index (κ2) is 16.0. The van der Waals surface area contributed by atoms with Crippen LogP contribution in [0.3, 0.4) is 0 Å². The number of piperazine rings is 1. The monoisotopic (exact) mass is 701 g/mol. The van der Waals surface area contributed by atoms with Crippen molar-refractivity contribution in [3.63, 3.8) is 0 Å². The molecule has 11 nitrogen and oxygen atoms in total. The molecule has 1 saturated heterocycles. The highest BCUT2D eigenvalue weighted by Crippen LogP contribution is 2.25. The fraction of sp³-hybridized carbons (Fsp3) is 0.179. The summed E-state index contributed by atoms with van der Waals surface area (Å²) < 4.78 is 31.0. The van der Waals surface area contributed by atoms with Crippen molar-refractivity contribution in [2.75, 3.05) is 43.9 Å².